The molecule has 7 heteroatoms. The molecule has 15 heavy (non-hydrogen) atoms. The second kappa shape index (κ2) is 4.24. The first-order valence-corrected chi connectivity index (χ1v) is 12.6. The van der Waals surface area contributed by atoms with Crippen molar-refractivity contribution in [1.82, 2.24) is 14.1 Å². The van der Waals surface area contributed by atoms with Gasteiger partial charge in [-0.25, -0.2) is 4.68 Å². The lowest BCUT2D eigenvalue weighted by Crippen LogP contribution is -2.28. The second-order valence-corrected chi connectivity index (χ2v) is 16.8. The van der Waals surface area contributed by atoms with Gasteiger partial charge in [0, 0.05) is 12.4 Å². The zero-order chi connectivity index (χ0) is 11.9. The Kier molecular flexibility index (Phi) is 3.76. The summed E-state index contributed by atoms with van der Waals surface area (Å²) in [6.07, 6.45) is 1.24. The van der Waals surface area contributed by atoms with Crippen molar-refractivity contribution in [3.05, 3.63) is 11.1 Å². The van der Waals surface area contributed by atoms with E-state index >= 15 is 0 Å². The number of aromatic nitrogens is 3. The van der Waals surface area contributed by atoms with Gasteiger partial charge in [0.2, 0.25) is 4.77 Å². The summed E-state index contributed by atoms with van der Waals surface area (Å²) in [7, 11) is -1.18. The van der Waals surface area contributed by atoms with Crippen LogP contribution in [0.3, 0.4) is 0 Å². The van der Waals surface area contributed by atoms with Crippen molar-refractivity contribution in [2.75, 3.05) is 13.3 Å². The minimum Gasteiger partial charge on any atom is -0.277 e. The van der Waals surface area contributed by atoms with Crippen molar-refractivity contribution in [2.45, 2.75) is 25.8 Å². The lowest BCUT2D eigenvalue weighted by atomic mass is 11.2. The van der Waals surface area contributed by atoms with Crippen LogP contribution >= 0.6 is 18.4 Å². The summed E-state index contributed by atoms with van der Waals surface area (Å²) in [5, 5.41) is 4.34. The molecular formula is C8H18N3PS2Si. The molecule has 3 nitrogen and oxygen atoms in total. The Hall–Kier alpha value is 0.227. The van der Waals surface area contributed by atoms with Crippen LogP contribution < -0.4 is 0 Å². The van der Waals surface area contributed by atoms with E-state index in [9.17, 15) is 0 Å². The normalized spacial score (nSPS) is 13.1. The topological polar surface area (TPSA) is 22.8 Å². The maximum atomic E-state index is 5.46. The highest BCUT2D eigenvalue weighted by Crippen LogP contribution is 2.38. The molecule has 0 N–H and O–H groups in total. The minimum absolute atomic E-state index is 0.783. The standard InChI is InChI=1S/C8H18N3PS2Si/c1-12(2,14)11-6-9-10(8(11)13)7-15(3,4)5/h6H,7H2,1-5H3. The van der Waals surface area contributed by atoms with E-state index in [1.165, 1.54) is 0 Å². The Morgan fingerprint density at radius 2 is 1.93 bits per heavy atom. The van der Waals surface area contributed by atoms with Gasteiger partial charge >= 0.3 is 0 Å². The zero-order valence-corrected chi connectivity index (χ0v) is 13.4. The monoisotopic (exact) mass is 279 g/mol. The average molecular weight is 279 g/mol. The third-order valence-electron chi connectivity index (χ3n) is 1.86. The Bertz CT molecular complexity index is 451. The van der Waals surface area contributed by atoms with Crippen LogP contribution in [-0.2, 0) is 18.0 Å². The quantitative estimate of drug-likeness (QED) is 0.483. The van der Waals surface area contributed by atoms with Gasteiger partial charge in [0.25, 0.3) is 0 Å². The molecule has 0 saturated heterocycles. The van der Waals surface area contributed by atoms with Gasteiger partial charge in [0.05, 0.1) is 8.07 Å². The molecule has 0 atom stereocenters. The van der Waals surface area contributed by atoms with Crippen LogP contribution in [0.25, 0.3) is 0 Å². The molecule has 0 radical (unpaired) electrons. The van der Waals surface area contributed by atoms with Gasteiger partial charge in [-0.3, -0.25) is 4.34 Å². The van der Waals surface area contributed by atoms with Crippen molar-refractivity contribution in [3.8, 4) is 0 Å². The van der Waals surface area contributed by atoms with E-state index < -0.39 is 14.3 Å². The average Bonchev–Trinajstić information content (AvgIpc) is 2.27. The Labute approximate surface area is 103 Å². The summed E-state index contributed by atoms with van der Waals surface area (Å²) in [5.74, 6) is 0. The highest BCUT2D eigenvalue weighted by Gasteiger charge is 2.17. The van der Waals surface area contributed by atoms with E-state index in [1.54, 1.807) is 6.33 Å². The van der Waals surface area contributed by atoms with E-state index in [0.717, 1.165) is 10.9 Å². The fourth-order valence-corrected chi connectivity index (χ4v) is 4.56. The van der Waals surface area contributed by atoms with Crippen LogP contribution in [0, 0.1) is 4.77 Å². The van der Waals surface area contributed by atoms with E-state index in [-0.39, 0.29) is 0 Å². The first-order chi connectivity index (χ1) is 6.61. The van der Waals surface area contributed by atoms with Crippen LogP contribution in [0.15, 0.2) is 6.33 Å². The molecular weight excluding hydrogens is 261 g/mol. The first-order valence-electron chi connectivity index (χ1n) is 4.81. The van der Waals surface area contributed by atoms with Gasteiger partial charge in [0.15, 0.2) is 0 Å². The molecule has 0 aliphatic rings. The molecule has 1 aromatic heterocycles. The number of hydrogen-bond donors (Lipinski definition) is 0. The summed E-state index contributed by atoms with van der Waals surface area (Å²) in [4.78, 5) is 0. The van der Waals surface area contributed by atoms with Gasteiger partial charge in [-0.1, -0.05) is 31.4 Å². The second-order valence-electron chi connectivity index (χ2n) is 5.27. The molecule has 0 spiro atoms. The Morgan fingerprint density at radius 1 is 1.40 bits per heavy atom. The van der Waals surface area contributed by atoms with Crippen LogP contribution in [0.5, 0.6) is 0 Å². The fraction of sp³-hybridized carbons (Fsp3) is 0.750. The molecule has 1 rings (SSSR count). The summed E-state index contributed by atoms with van der Waals surface area (Å²) < 4.78 is 4.69. The zero-order valence-electron chi connectivity index (χ0n) is 9.89. The molecule has 0 aliphatic carbocycles. The smallest absolute Gasteiger partial charge is 0.201 e. The molecule has 0 bridgehead atoms. The molecule has 0 saturated carbocycles. The predicted molar refractivity (Wildman–Crippen MR) is 75.9 cm³/mol. The van der Waals surface area contributed by atoms with Gasteiger partial charge in [0.1, 0.15) is 6.33 Å². The molecule has 0 amide bonds. The number of hydrogen-bond acceptors (Lipinski definition) is 3. The SMILES string of the molecule is C[Si](C)(C)Cn1ncn(P(C)(C)=S)c1=S. The third kappa shape index (κ3) is 3.62. The van der Waals surface area contributed by atoms with Gasteiger partial charge < -0.3 is 0 Å². The van der Waals surface area contributed by atoms with Crippen molar-refractivity contribution >= 4 is 38.3 Å². The summed E-state index contributed by atoms with van der Waals surface area (Å²) in [6, 6.07) is 0. The van der Waals surface area contributed by atoms with E-state index in [1.807, 2.05) is 9.02 Å². The lowest BCUT2D eigenvalue weighted by Gasteiger charge is -2.15. The summed E-state index contributed by atoms with van der Waals surface area (Å²) >= 11 is 10.8. The molecule has 1 heterocycles. The van der Waals surface area contributed by atoms with Crippen LogP contribution in [0.2, 0.25) is 19.6 Å². The molecule has 0 unspecified atom stereocenters. The maximum absolute atomic E-state index is 5.46. The first kappa shape index (κ1) is 13.3. The Morgan fingerprint density at radius 3 is 2.27 bits per heavy atom. The largest absolute Gasteiger partial charge is 0.277 e. The van der Waals surface area contributed by atoms with E-state index in [0.29, 0.717) is 0 Å². The predicted octanol–water partition coefficient (Wildman–Crippen LogP) is 2.79. The molecule has 0 aliphatic heterocycles. The maximum Gasteiger partial charge on any atom is 0.201 e. The van der Waals surface area contributed by atoms with Gasteiger partial charge in [-0.2, -0.15) is 5.10 Å². The fourth-order valence-electron chi connectivity index (χ4n) is 1.22. The van der Waals surface area contributed by atoms with Crippen LogP contribution in [0.1, 0.15) is 0 Å². The molecule has 1 aromatic rings. The Balaban J connectivity index is 3.12. The van der Waals surface area contributed by atoms with Crippen molar-refractivity contribution in [3.63, 3.8) is 0 Å². The summed E-state index contributed by atoms with van der Waals surface area (Å²) in [6.45, 7) is 11.1. The lowest BCUT2D eigenvalue weighted by molar-refractivity contribution is 0.711. The number of rotatable bonds is 3. The minimum atomic E-state index is -1.52. The highest BCUT2D eigenvalue weighted by molar-refractivity contribution is 8.13. The molecule has 0 fully saturated rings. The van der Waals surface area contributed by atoms with Crippen molar-refractivity contribution < 1.29 is 0 Å². The van der Waals surface area contributed by atoms with Crippen molar-refractivity contribution in [1.29, 1.82) is 0 Å². The van der Waals surface area contributed by atoms with Crippen molar-refractivity contribution in [2.24, 2.45) is 0 Å². The molecule has 86 valence electrons. The third-order valence-corrected chi connectivity index (χ3v) is 5.51. The van der Waals surface area contributed by atoms with E-state index in [4.69, 9.17) is 24.0 Å². The molecule has 0 aromatic carbocycles. The van der Waals surface area contributed by atoms with Gasteiger partial charge in [-0.05, 0) is 25.5 Å². The highest BCUT2D eigenvalue weighted by atomic mass is 32.4. The van der Waals surface area contributed by atoms with Crippen LogP contribution in [0.4, 0.5) is 0 Å². The van der Waals surface area contributed by atoms with Gasteiger partial charge in [-0.15, -0.1) is 0 Å². The number of nitrogens with zero attached hydrogens (tertiary/aromatic N) is 3. The van der Waals surface area contributed by atoms with E-state index in [2.05, 4.69) is 38.1 Å². The summed E-state index contributed by atoms with van der Waals surface area (Å²) in [5.41, 5.74) is 0. The van der Waals surface area contributed by atoms with Crippen LogP contribution in [-0.4, -0.2) is 35.5 Å².